The number of benzene rings is 1. The standard InChI is InChI=1S/C16H15N3O/c1-11-7-13(11)14-8-12(16-9-17-10-20-16)3-4-15(14)19-6-2-5-18-19/h2-6,8-11,13H,7H2,1H3/t11?,13-/m0/s1. The van der Waals surface area contributed by atoms with Gasteiger partial charge in [-0.05, 0) is 48.1 Å². The molecule has 1 aliphatic rings. The van der Waals surface area contributed by atoms with Gasteiger partial charge in [-0.25, -0.2) is 9.67 Å². The molecule has 1 unspecified atom stereocenters. The highest BCUT2D eigenvalue weighted by Gasteiger charge is 2.36. The van der Waals surface area contributed by atoms with E-state index in [4.69, 9.17) is 4.42 Å². The van der Waals surface area contributed by atoms with Gasteiger partial charge in [-0.2, -0.15) is 5.10 Å². The zero-order valence-electron chi connectivity index (χ0n) is 11.2. The number of oxazole rings is 1. The monoisotopic (exact) mass is 265 g/mol. The molecule has 1 saturated carbocycles. The third kappa shape index (κ3) is 1.84. The fourth-order valence-electron chi connectivity index (χ4n) is 2.74. The maximum atomic E-state index is 5.40. The van der Waals surface area contributed by atoms with E-state index in [1.165, 1.54) is 18.4 Å². The topological polar surface area (TPSA) is 43.9 Å². The first-order valence-corrected chi connectivity index (χ1v) is 6.86. The van der Waals surface area contributed by atoms with Crippen LogP contribution in [0.3, 0.4) is 0 Å². The SMILES string of the molecule is CC1C[C@@H]1c1cc(-c2cnco2)ccc1-n1cccn1. The largest absolute Gasteiger partial charge is 0.444 e. The summed E-state index contributed by atoms with van der Waals surface area (Å²) in [7, 11) is 0. The Morgan fingerprint density at radius 3 is 2.90 bits per heavy atom. The van der Waals surface area contributed by atoms with Gasteiger partial charge in [0.05, 0.1) is 11.9 Å². The molecular weight excluding hydrogens is 250 g/mol. The van der Waals surface area contributed by atoms with E-state index in [9.17, 15) is 0 Å². The first-order valence-electron chi connectivity index (χ1n) is 6.86. The summed E-state index contributed by atoms with van der Waals surface area (Å²) in [6, 6.07) is 8.34. The van der Waals surface area contributed by atoms with Crippen LogP contribution in [0, 0.1) is 5.92 Å². The molecular formula is C16H15N3O. The third-order valence-corrected chi connectivity index (χ3v) is 4.00. The Hall–Kier alpha value is -2.36. The number of aromatic nitrogens is 3. The fraction of sp³-hybridized carbons (Fsp3) is 0.250. The van der Waals surface area contributed by atoms with E-state index in [-0.39, 0.29) is 0 Å². The Kier molecular flexibility index (Phi) is 2.49. The first-order chi connectivity index (χ1) is 9.83. The molecule has 100 valence electrons. The van der Waals surface area contributed by atoms with Crippen LogP contribution in [0.25, 0.3) is 17.0 Å². The molecule has 4 heteroatoms. The molecule has 20 heavy (non-hydrogen) atoms. The van der Waals surface area contributed by atoms with E-state index in [0.717, 1.165) is 22.9 Å². The van der Waals surface area contributed by atoms with E-state index in [1.807, 2.05) is 23.1 Å². The highest BCUT2D eigenvalue weighted by Crippen LogP contribution is 2.49. The van der Waals surface area contributed by atoms with Crippen LogP contribution in [0.1, 0.15) is 24.8 Å². The van der Waals surface area contributed by atoms with Crippen molar-refractivity contribution in [2.45, 2.75) is 19.3 Å². The highest BCUT2D eigenvalue weighted by molar-refractivity contribution is 5.62. The Balaban J connectivity index is 1.84. The van der Waals surface area contributed by atoms with Crippen LogP contribution in [-0.4, -0.2) is 14.8 Å². The van der Waals surface area contributed by atoms with Crippen molar-refractivity contribution in [1.82, 2.24) is 14.8 Å². The molecule has 3 aromatic rings. The molecule has 4 nitrogen and oxygen atoms in total. The molecule has 0 radical (unpaired) electrons. The molecule has 1 fully saturated rings. The van der Waals surface area contributed by atoms with Crippen LogP contribution in [0.15, 0.2) is 53.7 Å². The normalized spacial score (nSPS) is 21.1. The van der Waals surface area contributed by atoms with Gasteiger partial charge in [0.15, 0.2) is 12.2 Å². The van der Waals surface area contributed by atoms with Gasteiger partial charge in [0, 0.05) is 18.0 Å². The van der Waals surface area contributed by atoms with Gasteiger partial charge in [0.25, 0.3) is 0 Å². The van der Waals surface area contributed by atoms with Gasteiger partial charge in [0.1, 0.15) is 0 Å². The first kappa shape index (κ1) is 11.5. The van der Waals surface area contributed by atoms with Crippen LogP contribution in [0.5, 0.6) is 0 Å². The van der Waals surface area contributed by atoms with Gasteiger partial charge < -0.3 is 4.42 Å². The molecule has 0 amide bonds. The molecule has 2 aromatic heterocycles. The minimum atomic E-state index is 0.622. The van der Waals surface area contributed by atoms with E-state index in [1.54, 1.807) is 6.20 Å². The van der Waals surface area contributed by atoms with E-state index in [0.29, 0.717) is 5.92 Å². The van der Waals surface area contributed by atoms with Crippen molar-refractivity contribution in [3.8, 4) is 17.0 Å². The van der Waals surface area contributed by atoms with Crippen LogP contribution >= 0.6 is 0 Å². The van der Waals surface area contributed by atoms with E-state index >= 15 is 0 Å². The fourth-order valence-corrected chi connectivity index (χ4v) is 2.74. The number of rotatable bonds is 3. The van der Waals surface area contributed by atoms with Gasteiger partial charge in [-0.15, -0.1) is 0 Å². The van der Waals surface area contributed by atoms with E-state index < -0.39 is 0 Å². The Morgan fingerprint density at radius 2 is 2.25 bits per heavy atom. The Bertz CT molecular complexity index is 716. The second-order valence-electron chi connectivity index (χ2n) is 5.41. The molecule has 1 aromatic carbocycles. The van der Waals surface area contributed by atoms with Crippen LogP contribution in [0.4, 0.5) is 0 Å². The summed E-state index contributed by atoms with van der Waals surface area (Å²) in [5.74, 6) is 2.18. The predicted octanol–water partition coefficient (Wildman–Crippen LogP) is 3.65. The van der Waals surface area contributed by atoms with Gasteiger partial charge >= 0.3 is 0 Å². The average Bonchev–Trinajstić information content (AvgIpc) is 2.98. The van der Waals surface area contributed by atoms with Crippen molar-refractivity contribution in [2.24, 2.45) is 5.92 Å². The second kappa shape index (κ2) is 4.34. The lowest BCUT2D eigenvalue weighted by Gasteiger charge is -2.11. The summed E-state index contributed by atoms with van der Waals surface area (Å²) in [6.45, 7) is 2.29. The van der Waals surface area contributed by atoms with Crippen molar-refractivity contribution in [3.05, 3.63) is 54.8 Å². The molecule has 0 aliphatic heterocycles. The predicted molar refractivity (Wildman–Crippen MR) is 75.6 cm³/mol. The Morgan fingerprint density at radius 1 is 1.35 bits per heavy atom. The van der Waals surface area contributed by atoms with Crippen molar-refractivity contribution < 1.29 is 4.42 Å². The smallest absolute Gasteiger partial charge is 0.181 e. The molecule has 0 bridgehead atoms. The second-order valence-corrected chi connectivity index (χ2v) is 5.41. The lowest BCUT2D eigenvalue weighted by molar-refractivity contribution is 0.572. The van der Waals surface area contributed by atoms with Crippen LogP contribution in [-0.2, 0) is 0 Å². The summed E-state index contributed by atoms with van der Waals surface area (Å²) >= 11 is 0. The molecule has 1 aliphatic carbocycles. The molecule has 2 atom stereocenters. The van der Waals surface area contributed by atoms with Crippen molar-refractivity contribution in [2.75, 3.05) is 0 Å². The lowest BCUT2D eigenvalue weighted by Crippen LogP contribution is -2.00. The van der Waals surface area contributed by atoms with Gasteiger partial charge in [0.2, 0.25) is 0 Å². The lowest BCUT2D eigenvalue weighted by atomic mass is 10.0. The summed E-state index contributed by atoms with van der Waals surface area (Å²) in [4.78, 5) is 3.99. The molecule has 4 rings (SSSR count). The average molecular weight is 265 g/mol. The van der Waals surface area contributed by atoms with E-state index in [2.05, 4.69) is 35.2 Å². The number of hydrogen-bond donors (Lipinski definition) is 0. The van der Waals surface area contributed by atoms with Crippen molar-refractivity contribution in [3.63, 3.8) is 0 Å². The van der Waals surface area contributed by atoms with Crippen LogP contribution < -0.4 is 0 Å². The third-order valence-electron chi connectivity index (χ3n) is 4.00. The zero-order chi connectivity index (χ0) is 13.5. The van der Waals surface area contributed by atoms with Crippen molar-refractivity contribution in [1.29, 1.82) is 0 Å². The molecule has 2 heterocycles. The zero-order valence-corrected chi connectivity index (χ0v) is 11.2. The Labute approximate surface area is 117 Å². The summed E-state index contributed by atoms with van der Waals surface area (Å²) in [5.41, 5.74) is 3.58. The van der Waals surface area contributed by atoms with Gasteiger partial charge in [-0.3, -0.25) is 0 Å². The maximum Gasteiger partial charge on any atom is 0.181 e. The summed E-state index contributed by atoms with van der Waals surface area (Å²) < 4.78 is 7.33. The summed E-state index contributed by atoms with van der Waals surface area (Å²) in [6.07, 6.45) is 8.26. The minimum absolute atomic E-state index is 0.622. The van der Waals surface area contributed by atoms with Gasteiger partial charge in [-0.1, -0.05) is 6.92 Å². The maximum absolute atomic E-state index is 5.40. The summed E-state index contributed by atoms with van der Waals surface area (Å²) in [5, 5.41) is 4.36. The van der Waals surface area contributed by atoms with Crippen molar-refractivity contribution >= 4 is 0 Å². The molecule has 0 N–H and O–H groups in total. The minimum Gasteiger partial charge on any atom is -0.444 e. The molecule has 0 saturated heterocycles. The quantitative estimate of drug-likeness (QED) is 0.726. The molecule has 0 spiro atoms. The van der Waals surface area contributed by atoms with Crippen LogP contribution in [0.2, 0.25) is 0 Å². The highest BCUT2D eigenvalue weighted by atomic mass is 16.3. The number of nitrogens with zero attached hydrogens (tertiary/aromatic N) is 3. The number of hydrogen-bond acceptors (Lipinski definition) is 3.